The molecule has 0 saturated carbocycles. The SMILES string of the molecule is CN(C(=O)C(=O)OC(C)(C)C)c1cccc(Br)c1. The summed E-state index contributed by atoms with van der Waals surface area (Å²) in [5, 5.41) is 0. The van der Waals surface area contributed by atoms with Crippen molar-refractivity contribution in [3.63, 3.8) is 0 Å². The van der Waals surface area contributed by atoms with Gasteiger partial charge in [0.25, 0.3) is 0 Å². The van der Waals surface area contributed by atoms with E-state index < -0.39 is 17.5 Å². The first-order chi connectivity index (χ1) is 8.20. The topological polar surface area (TPSA) is 46.6 Å². The van der Waals surface area contributed by atoms with E-state index >= 15 is 0 Å². The second kappa shape index (κ2) is 5.52. The van der Waals surface area contributed by atoms with Crippen LogP contribution < -0.4 is 4.90 Å². The second-order valence-corrected chi connectivity index (χ2v) is 5.76. The molecule has 1 amide bonds. The van der Waals surface area contributed by atoms with Gasteiger partial charge >= 0.3 is 11.9 Å². The summed E-state index contributed by atoms with van der Waals surface area (Å²) >= 11 is 3.31. The number of halogens is 1. The van der Waals surface area contributed by atoms with E-state index in [1.165, 1.54) is 11.9 Å². The van der Waals surface area contributed by atoms with Gasteiger partial charge in [-0.3, -0.25) is 4.79 Å². The standard InChI is InChI=1S/C13H16BrNO3/c1-13(2,3)18-12(17)11(16)15(4)10-7-5-6-9(14)8-10/h5-8H,1-4H3. The highest BCUT2D eigenvalue weighted by Crippen LogP contribution is 2.19. The Morgan fingerprint density at radius 1 is 1.28 bits per heavy atom. The summed E-state index contributed by atoms with van der Waals surface area (Å²) < 4.78 is 5.87. The van der Waals surface area contributed by atoms with Gasteiger partial charge in [-0.2, -0.15) is 0 Å². The van der Waals surface area contributed by atoms with E-state index in [9.17, 15) is 9.59 Å². The van der Waals surface area contributed by atoms with Crippen molar-refractivity contribution in [1.82, 2.24) is 0 Å². The molecule has 0 atom stereocenters. The number of anilines is 1. The van der Waals surface area contributed by atoms with Gasteiger partial charge in [0.2, 0.25) is 0 Å². The predicted octanol–water partition coefficient (Wildman–Crippen LogP) is 2.75. The monoisotopic (exact) mass is 313 g/mol. The molecule has 1 rings (SSSR count). The first kappa shape index (κ1) is 14.7. The van der Waals surface area contributed by atoms with Crippen LogP contribution >= 0.6 is 15.9 Å². The fourth-order valence-electron chi connectivity index (χ4n) is 1.26. The van der Waals surface area contributed by atoms with E-state index in [0.717, 1.165) is 4.47 Å². The molecule has 5 heteroatoms. The third-order valence-corrected chi connectivity index (χ3v) is 2.57. The first-order valence-electron chi connectivity index (χ1n) is 5.47. The smallest absolute Gasteiger partial charge is 0.397 e. The highest BCUT2D eigenvalue weighted by molar-refractivity contribution is 9.10. The molecule has 18 heavy (non-hydrogen) atoms. The zero-order valence-electron chi connectivity index (χ0n) is 10.9. The quantitative estimate of drug-likeness (QED) is 0.591. The van der Waals surface area contributed by atoms with E-state index in [2.05, 4.69) is 15.9 Å². The molecular formula is C13H16BrNO3. The van der Waals surface area contributed by atoms with Crippen LogP contribution in [0.25, 0.3) is 0 Å². The van der Waals surface area contributed by atoms with Gasteiger partial charge in [0.15, 0.2) is 0 Å². The maximum atomic E-state index is 11.9. The van der Waals surface area contributed by atoms with Gasteiger partial charge in [-0.25, -0.2) is 4.79 Å². The second-order valence-electron chi connectivity index (χ2n) is 4.85. The van der Waals surface area contributed by atoms with Crippen LogP contribution in [0.5, 0.6) is 0 Å². The molecule has 4 nitrogen and oxygen atoms in total. The van der Waals surface area contributed by atoms with Crippen molar-refractivity contribution >= 4 is 33.5 Å². The van der Waals surface area contributed by atoms with Gasteiger partial charge in [0.1, 0.15) is 5.60 Å². The Morgan fingerprint density at radius 2 is 1.89 bits per heavy atom. The van der Waals surface area contributed by atoms with Crippen LogP contribution in [-0.4, -0.2) is 24.5 Å². The van der Waals surface area contributed by atoms with Crippen molar-refractivity contribution in [3.05, 3.63) is 28.7 Å². The lowest BCUT2D eigenvalue weighted by Crippen LogP contribution is -2.38. The Hall–Kier alpha value is -1.36. The number of likely N-dealkylation sites (N-methyl/N-ethyl adjacent to an activating group) is 1. The normalized spacial score (nSPS) is 10.9. The summed E-state index contributed by atoms with van der Waals surface area (Å²) in [7, 11) is 1.54. The highest BCUT2D eigenvalue weighted by Gasteiger charge is 2.26. The average Bonchev–Trinajstić information content (AvgIpc) is 2.24. The number of amides is 1. The number of ether oxygens (including phenoxy) is 1. The minimum Gasteiger partial charge on any atom is -0.453 e. The van der Waals surface area contributed by atoms with Gasteiger partial charge in [-0.1, -0.05) is 22.0 Å². The number of carbonyl (C=O) groups excluding carboxylic acids is 2. The van der Waals surface area contributed by atoms with Crippen LogP contribution in [0.4, 0.5) is 5.69 Å². The lowest BCUT2D eigenvalue weighted by atomic mass is 10.2. The molecule has 0 aromatic heterocycles. The molecule has 0 saturated heterocycles. The van der Waals surface area contributed by atoms with Gasteiger partial charge in [0.05, 0.1) is 0 Å². The molecule has 1 aromatic rings. The van der Waals surface area contributed by atoms with E-state index in [1.807, 2.05) is 6.07 Å². The minimum atomic E-state index is -0.857. The number of esters is 1. The zero-order valence-corrected chi connectivity index (χ0v) is 12.4. The van der Waals surface area contributed by atoms with Crippen molar-refractivity contribution in [2.24, 2.45) is 0 Å². The number of rotatable bonds is 1. The Morgan fingerprint density at radius 3 is 2.39 bits per heavy atom. The van der Waals surface area contributed by atoms with Gasteiger partial charge < -0.3 is 9.64 Å². The van der Waals surface area contributed by atoms with Gasteiger partial charge in [0, 0.05) is 17.2 Å². The van der Waals surface area contributed by atoms with Crippen molar-refractivity contribution in [2.75, 3.05) is 11.9 Å². The first-order valence-corrected chi connectivity index (χ1v) is 6.26. The molecular weight excluding hydrogens is 298 g/mol. The Labute approximate surface area is 115 Å². The number of carbonyl (C=O) groups is 2. The van der Waals surface area contributed by atoms with E-state index in [4.69, 9.17) is 4.74 Å². The molecule has 0 unspecified atom stereocenters. The molecule has 0 N–H and O–H groups in total. The van der Waals surface area contributed by atoms with E-state index in [1.54, 1.807) is 39.0 Å². The molecule has 1 aromatic carbocycles. The van der Waals surface area contributed by atoms with Crippen molar-refractivity contribution in [2.45, 2.75) is 26.4 Å². The average molecular weight is 314 g/mol. The maximum absolute atomic E-state index is 11.9. The number of hydrogen-bond donors (Lipinski definition) is 0. The number of hydrogen-bond acceptors (Lipinski definition) is 3. The van der Waals surface area contributed by atoms with Crippen LogP contribution in [0.1, 0.15) is 20.8 Å². The summed E-state index contributed by atoms with van der Waals surface area (Å²) in [6.45, 7) is 5.16. The lowest BCUT2D eigenvalue weighted by molar-refractivity contribution is -0.162. The molecule has 0 aliphatic heterocycles. The molecule has 0 aliphatic carbocycles. The Kier molecular flexibility index (Phi) is 4.51. The fourth-order valence-corrected chi connectivity index (χ4v) is 1.65. The Balaban J connectivity index is 2.81. The molecule has 0 bridgehead atoms. The highest BCUT2D eigenvalue weighted by atomic mass is 79.9. The molecule has 0 fully saturated rings. The Bertz CT molecular complexity index is 466. The van der Waals surface area contributed by atoms with Crippen LogP contribution in [0.3, 0.4) is 0 Å². The predicted molar refractivity (Wildman–Crippen MR) is 73.4 cm³/mol. The molecule has 0 aliphatic rings. The van der Waals surface area contributed by atoms with Crippen LogP contribution in [0.2, 0.25) is 0 Å². The van der Waals surface area contributed by atoms with E-state index in [-0.39, 0.29) is 0 Å². The van der Waals surface area contributed by atoms with Crippen molar-refractivity contribution < 1.29 is 14.3 Å². The van der Waals surface area contributed by atoms with Gasteiger partial charge in [-0.15, -0.1) is 0 Å². The van der Waals surface area contributed by atoms with Gasteiger partial charge in [-0.05, 0) is 39.0 Å². The third kappa shape index (κ3) is 4.14. The van der Waals surface area contributed by atoms with Crippen LogP contribution in [-0.2, 0) is 14.3 Å². The number of benzene rings is 1. The third-order valence-electron chi connectivity index (χ3n) is 2.07. The lowest BCUT2D eigenvalue weighted by Gasteiger charge is -2.22. The number of nitrogens with zero attached hydrogens (tertiary/aromatic N) is 1. The summed E-state index contributed by atoms with van der Waals surface area (Å²) in [6, 6.07) is 7.13. The van der Waals surface area contributed by atoms with Crippen LogP contribution in [0.15, 0.2) is 28.7 Å². The van der Waals surface area contributed by atoms with Crippen molar-refractivity contribution in [1.29, 1.82) is 0 Å². The zero-order chi connectivity index (χ0) is 13.9. The summed E-state index contributed by atoms with van der Waals surface area (Å²) in [5.74, 6) is -1.55. The summed E-state index contributed by atoms with van der Waals surface area (Å²) in [4.78, 5) is 24.8. The summed E-state index contributed by atoms with van der Waals surface area (Å²) in [5.41, 5.74) is -0.0505. The fraction of sp³-hybridized carbons (Fsp3) is 0.385. The molecule has 0 radical (unpaired) electrons. The van der Waals surface area contributed by atoms with E-state index in [0.29, 0.717) is 5.69 Å². The largest absolute Gasteiger partial charge is 0.453 e. The van der Waals surface area contributed by atoms with Crippen molar-refractivity contribution in [3.8, 4) is 0 Å². The summed E-state index contributed by atoms with van der Waals surface area (Å²) in [6.07, 6.45) is 0. The minimum absolute atomic E-state index is 0.625. The molecule has 0 spiro atoms. The molecule has 0 heterocycles. The maximum Gasteiger partial charge on any atom is 0.397 e. The van der Waals surface area contributed by atoms with Crippen LogP contribution in [0, 0.1) is 0 Å². The molecule has 98 valence electrons.